The van der Waals surface area contributed by atoms with Crippen molar-refractivity contribution in [1.82, 2.24) is 10.2 Å². The second-order valence-corrected chi connectivity index (χ2v) is 4.97. The number of nitrogens with one attached hydrogen (secondary N) is 1. The summed E-state index contributed by atoms with van der Waals surface area (Å²) in [5, 5.41) is 29.6. The lowest BCUT2D eigenvalue weighted by Crippen LogP contribution is -1.99. The van der Waals surface area contributed by atoms with E-state index in [9.17, 15) is 14.3 Å². The minimum Gasteiger partial charge on any atom is -0.506 e. The van der Waals surface area contributed by atoms with E-state index in [1.165, 1.54) is 24.3 Å². The predicted octanol–water partition coefficient (Wildman–Crippen LogP) is 3.43. The zero-order valence-electron chi connectivity index (χ0n) is 12.3. The Morgan fingerprint density at radius 1 is 1.00 bits per heavy atom. The van der Waals surface area contributed by atoms with E-state index in [4.69, 9.17) is 5.11 Å². The molecule has 0 amide bonds. The summed E-state index contributed by atoms with van der Waals surface area (Å²) in [5.74, 6) is -1.29. The van der Waals surface area contributed by atoms with Gasteiger partial charge in [0.1, 0.15) is 11.6 Å². The Kier molecular flexibility index (Phi) is 4.07. The van der Waals surface area contributed by atoms with Crippen LogP contribution in [-0.2, 0) is 0 Å². The average molecular weight is 325 g/mol. The Morgan fingerprint density at radius 2 is 1.75 bits per heavy atom. The van der Waals surface area contributed by atoms with Gasteiger partial charge in [0.05, 0.1) is 16.9 Å². The highest BCUT2D eigenvalue weighted by Gasteiger charge is 2.09. The number of anilines is 2. The number of nitrogens with zero attached hydrogens (tertiary/aromatic N) is 2. The van der Waals surface area contributed by atoms with Crippen molar-refractivity contribution >= 4 is 17.5 Å². The van der Waals surface area contributed by atoms with Gasteiger partial charge in [-0.15, -0.1) is 10.2 Å². The van der Waals surface area contributed by atoms with E-state index >= 15 is 0 Å². The quantitative estimate of drug-likeness (QED) is 0.636. The van der Waals surface area contributed by atoms with E-state index in [-0.39, 0.29) is 17.1 Å². The third-order valence-electron chi connectivity index (χ3n) is 3.31. The van der Waals surface area contributed by atoms with Crippen molar-refractivity contribution in [3.63, 3.8) is 0 Å². The number of aromatic nitrogens is 2. The molecule has 0 bridgehead atoms. The first kappa shape index (κ1) is 15.4. The van der Waals surface area contributed by atoms with Gasteiger partial charge in [-0.05, 0) is 54.6 Å². The highest BCUT2D eigenvalue weighted by atomic mass is 19.1. The molecule has 0 radical (unpaired) electrons. The van der Waals surface area contributed by atoms with E-state index in [1.807, 2.05) is 0 Å². The summed E-state index contributed by atoms with van der Waals surface area (Å²) in [6.07, 6.45) is 0. The molecule has 0 aliphatic rings. The number of halogens is 1. The fourth-order valence-electron chi connectivity index (χ4n) is 2.08. The molecule has 1 aromatic heterocycles. The Labute approximate surface area is 136 Å². The Hall–Kier alpha value is -3.48. The van der Waals surface area contributed by atoms with Crippen LogP contribution in [0.1, 0.15) is 10.4 Å². The average Bonchev–Trinajstić information content (AvgIpc) is 2.58. The van der Waals surface area contributed by atoms with Crippen LogP contribution in [0.15, 0.2) is 54.6 Å². The van der Waals surface area contributed by atoms with Crippen molar-refractivity contribution in [1.29, 1.82) is 0 Å². The third kappa shape index (κ3) is 3.30. The van der Waals surface area contributed by atoms with E-state index in [0.717, 1.165) is 11.6 Å². The van der Waals surface area contributed by atoms with Crippen LogP contribution >= 0.6 is 0 Å². The van der Waals surface area contributed by atoms with Crippen molar-refractivity contribution in [3.05, 3.63) is 66.0 Å². The smallest absolute Gasteiger partial charge is 0.335 e. The molecule has 0 spiro atoms. The molecule has 0 aliphatic heterocycles. The second-order valence-electron chi connectivity index (χ2n) is 4.97. The minimum atomic E-state index is -1.12. The van der Waals surface area contributed by atoms with Crippen molar-refractivity contribution in [2.75, 3.05) is 5.32 Å². The lowest BCUT2D eigenvalue weighted by Gasteiger charge is -2.08. The van der Waals surface area contributed by atoms with Gasteiger partial charge in [-0.1, -0.05) is 0 Å². The molecule has 0 fully saturated rings. The van der Waals surface area contributed by atoms with Gasteiger partial charge in [0.15, 0.2) is 5.82 Å². The number of carboxylic acid groups (broad SMARTS) is 1. The monoisotopic (exact) mass is 325 g/mol. The Bertz CT molecular complexity index is 881. The van der Waals surface area contributed by atoms with Crippen molar-refractivity contribution in [2.45, 2.75) is 0 Å². The summed E-state index contributed by atoms with van der Waals surface area (Å²) in [4.78, 5) is 10.8. The second kappa shape index (κ2) is 6.33. The molecule has 24 heavy (non-hydrogen) atoms. The summed E-state index contributed by atoms with van der Waals surface area (Å²) in [5.41, 5.74) is 1.59. The number of hydrogen-bond donors (Lipinski definition) is 3. The lowest BCUT2D eigenvalue weighted by atomic mass is 10.1. The van der Waals surface area contributed by atoms with E-state index < -0.39 is 5.97 Å². The van der Waals surface area contributed by atoms with Gasteiger partial charge >= 0.3 is 5.97 Å². The lowest BCUT2D eigenvalue weighted by molar-refractivity contribution is 0.0696. The number of aromatic hydroxyl groups is 1. The standard InChI is InChI=1S/C17H12FN3O3/c18-12-4-1-10(2-5-12)13-7-8-16(21-20-13)19-14-6-3-11(17(23)24)9-15(14)22/h1-9,22H,(H,19,21)(H,23,24). The summed E-state index contributed by atoms with van der Waals surface area (Å²) < 4.78 is 12.9. The number of carbonyl (C=O) groups is 1. The molecule has 0 unspecified atom stereocenters. The van der Waals surface area contributed by atoms with Crippen LogP contribution in [0.2, 0.25) is 0 Å². The number of aromatic carboxylic acids is 1. The number of rotatable bonds is 4. The Balaban J connectivity index is 1.79. The molecule has 6 nitrogen and oxygen atoms in total. The van der Waals surface area contributed by atoms with E-state index in [1.54, 1.807) is 24.3 Å². The van der Waals surface area contributed by atoms with Crippen LogP contribution in [0.3, 0.4) is 0 Å². The van der Waals surface area contributed by atoms with Gasteiger partial charge in [0.2, 0.25) is 0 Å². The van der Waals surface area contributed by atoms with Crippen molar-refractivity contribution in [3.8, 4) is 17.0 Å². The molecule has 7 heteroatoms. The van der Waals surface area contributed by atoms with Gasteiger partial charge < -0.3 is 15.5 Å². The van der Waals surface area contributed by atoms with Crippen LogP contribution in [0.5, 0.6) is 5.75 Å². The van der Waals surface area contributed by atoms with Crippen LogP contribution in [0.25, 0.3) is 11.3 Å². The van der Waals surface area contributed by atoms with Crippen LogP contribution in [-0.4, -0.2) is 26.4 Å². The highest BCUT2D eigenvalue weighted by molar-refractivity contribution is 5.89. The Morgan fingerprint density at radius 3 is 2.33 bits per heavy atom. The highest BCUT2D eigenvalue weighted by Crippen LogP contribution is 2.27. The summed E-state index contributed by atoms with van der Waals surface area (Å²) in [7, 11) is 0. The SMILES string of the molecule is O=C(O)c1ccc(Nc2ccc(-c3ccc(F)cc3)nn2)c(O)c1. The van der Waals surface area contributed by atoms with E-state index in [0.29, 0.717) is 17.2 Å². The molecule has 0 saturated carbocycles. The molecule has 0 saturated heterocycles. The van der Waals surface area contributed by atoms with Gasteiger partial charge in [0.25, 0.3) is 0 Å². The van der Waals surface area contributed by atoms with Crippen LogP contribution in [0.4, 0.5) is 15.9 Å². The summed E-state index contributed by atoms with van der Waals surface area (Å²) in [6, 6.07) is 13.2. The zero-order valence-corrected chi connectivity index (χ0v) is 12.3. The van der Waals surface area contributed by atoms with Crippen molar-refractivity contribution in [2.24, 2.45) is 0 Å². The molecular weight excluding hydrogens is 313 g/mol. The predicted molar refractivity (Wildman–Crippen MR) is 85.8 cm³/mol. The van der Waals surface area contributed by atoms with Gasteiger partial charge in [0, 0.05) is 5.56 Å². The maximum atomic E-state index is 12.9. The molecule has 2 aromatic carbocycles. The van der Waals surface area contributed by atoms with Crippen molar-refractivity contribution < 1.29 is 19.4 Å². The molecule has 0 atom stereocenters. The number of phenols is 1. The normalized spacial score (nSPS) is 10.4. The number of carboxylic acids is 1. The fourth-order valence-corrected chi connectivity index (χ4v) is 2.08. The van der Waals surface area contributed by atoms with Crippen LogP contribution < -0.4 is 5.32 Å². The number of phenolic OH excluding ortho intramolecular Hbond substituents is 1. The number of benzene rings is 2. The summed E-state index contributed by atoms with van der Waals surface area (Å²) in [6.45, 7) is 0. The first-order valence-electron chi connectivity index (χ1n) is 6.96. The molecule has 3 rings (SSSR count). The minimum absolute atomic E-state index is 0.0178. The molecule has 3 N–H and O–H groups in total. The zero-order chi connectivity index (χ0) is 17.1. The van der Waals surface area contributed by atoms with Crippen LogP contribution in [0, 0.1) is 5.82 Å². The molecule has 3 aromatic rings. The third-order valence-corrected chi connectivity index (χ3v) is 3.31. The number of hydrogen-bond acceptors (Lipinski definition) is 5. The summed E-state index contributed by atoms with van der Waals surface area (Å²) >= 11 is 0. The largest absolute Gasteiger partial charge is 0.506 e. The first-order chi connectivity index (χ1) is 11.5. The van der Waals surface area contributed by atoms with E-state index in [2.05, 4.69) is 15.5 Å². The maximum Gasteiger partial charge on any atom is 0.335 e. The fraction of sp³-hybridized carbons (Fsp3) is 0. The maximum absolute atomic E-state index is 12.9. The topological polar surface area (TPSA) is 95.3 Å². The molecule has 1 heterocycles. The first-order valence-corrected chi connectivity index (χ1v) is 6.96. The van der Waals surface area contributed by atoms with Gasteiger partial charge in [-0.3, -0.25) is 0 Å². The molecule has 120 valence electrons. The van der Waals surface area contributed by atoms with Gasteiger partial charge in [-0.25, -0.2) is 9.18 Å². The molecule has 0 aliphatic carbocycles. The van der Waals surface area contributed by atoms with Gasteiger partial charge in [-0.2, -0.15) is 0 Å². The molecular formula is C17H12FN3O3.